The number of nitrogens with one attached hydrogen (secondary N) is 1. The maximum Gasteiger partial charge on any atom is 0.274 e. The Labute approximate surface area is 235 Å². The van der Waals surface area contributed by atoms with E-state index in [-0.39, 0.29) is 30.1 Å². The van der Waals surface area contributed by atoms with Gasteiger partial charge < -0.3 is 19.9 Å². The molecule has 1 atom stereocenters. The first-order chi connectivity index (χ1) is 18.9. The summed E-state index contributed by atoms with van der Waals surface area (Å²) < 4.78 is 36.9. The van der Waals surface area contributed by atoms with Gasteiger partial charge in [-0.15, -0.1) is 0 Å². The molecule has 4 rings (SSSR count). The van der Waals surface area contributed by atoms with Crippen LogP contribution >= 0.6 is 0 Å². The Morgan fingerprint density at radius 1 is 1.07 bits per heavy atom. The lowest BCUT2D eigenvalue weighted by Crippen LogP contribution is -2.49. The van der Waals surface area contributed by atoms with Gasteiger partial charge in [0.15, 0.2) is 5.82 Å². The molecule has 1 fully saturated rings. The number of nitrogens with zero attached hydrogens (tertiary/aromatic N) is 5. The van der Waals surface area contributed by atoms with Crippen molar-refractivity contribution >= 4 is 22.3 Å². The summed E-state index contributed by atoms with van der Waals surface area (Å²) in [6, 6.07) is 10.4. The largest absolute Gasteiger partial charge is 0.495 e. The van der Waals surface area contributed by atoms with Crippen LogP contribution in [0.2, 0.25) is 0 Å². The Morgan fingerprint density at radius 2 is 1.77 bits per heavy atom. The van der Waals surface area contributed by atoms with E-state index in [1.165, 1.54) is 10.7 Å². The van der Waals surface area contributed by atoms with Crippen LogP contribution in [0.25, 0.3) is 10.8 Å². The van der Waals surface area contributed by atoms with Crippen molar-refractivity contribution in [2.45, 2.75) is 45.2 Å². The van der Waals surface area contributed by atoms with Crippen LogP contribution in [-0.2, 0) is 13.0 Å². The number of hydrogen-bond acceptors (Lipinski definition) is 7. The lowest BCUT2D eigenvalue weighted by Gasteiger charge is -2.38. The molecular formula is C30H42F2N6O2. The van der Waals surface area contributed by atoms with Crippen molar-refractivity contribution in [1.82, 2.24) is 19.6 Å². The van der Waals surface area contributed by atoms with Gasteiger partial charge in [0, 0.05) is 63.2 Å². The number of ether oxygens (including phenoxy) is 1. The maximum absolute atomic E-state index is 14.9. The summed E-state index contributed by atoms with van der Waals surface area (Å²) in [4.78, 5) is 19.6. The van der Waals surface area contributed by atoms with E-state index in [9.17, 15) is 13.6 Å². The van der Waals surface area contributed by atoms with Crippen LogP contribution in [0.5, 0.6) is 5.75 Å². The lowest BCUT2D eigenvalue weighted by molar-refractivity contribution is -0.0188. The van der Waals surface area contributed by atoms with Crippen molar-refractivity contribution in [1.29, 1.82) is 0 Å². The second kappa shape index (κ2) is 12.1. The van der Waals surface area contributed by atoms with Gasteiger partial charge in [0.2, 0.25) is 0 Å². The van der Waals surface area contributed by atoms with Gasteiger partial charge in [-0.3, -0.25) is 9.69 Å². The number of piperazine rings is 1. The number of hydrogen-bond donors (Lipinski definition) is 1. The Balaban J connectivity index is 1.68. The number of fused-ring (bicyclic) bond motifs is 1. The third kappa shape index (κ3) is 6.39. The SMILES string of the molecule is COc1cc2c(=O)n(C)nc(N[C@H](C)c3cccc(C(F)(F)CCN(C)C)c3)c2cc1N1CCN(C(C)C)CC1. The van der Waals surface area contributed by atoms with Gasteiger partial charge >= 0.3 is 0 Å². The van der Waals surface area contributed by atoms with Crippen LogP contribution in [-0.4, -0.2) is 79.6 Å². The minimum atomic E-state index is -2.94. The Morgan fingerprint density at radius 3 is 2.40 bits per heavy atom. The van der Waals surface area contributed by atoms with Gasteiger partial charge in [-0.25, -0.2) is 13.5 Å². The summed E-state index contributed by atoms with van der Waals surface area (Å²) in [5, 5.41) is 9.09. The topological polar surface area (TPSA) is 65.9 Å². The molecule has 2 heterocycles. The summed E-state index contributed by atoms with van der Waals surface area (Å²) in [7, 11) is 6.80. The van der Waals surface area contributed by atoms with Gasteiger partial charge in [-0.2, -0.15) is 5.10 Å². The smallest absolute Gasteiger partial charge is 0.274 e. The molecule has 8 nitrogen and oxygen atoms in total. The van der Waals surface area contributed by atoms with Crippen LogP contribution in [0.15, 0.2) is 41.2 Å². The van der Waals surface area contributed by atoms with Gasteiger partial charge in [0.1, 0.15) is 5.75 Å². The fourth-order valence-electron chi connectivity index (χ4n) is 5.19. The van der Waals surface area contributed by atoms with Crippen molar-refractivity contribution < 1.29 is 13.5 Å². The van der Waals surface area contributed by atoms with Gasteiger partial charge in [-0.1, -0.05) is 18.2 Å². The number of methoxy groups -OCH3 is 1. The molecule has 1 N–H and O–H groups in total. The summed E-state index contributed by atoms with van der Waals surface area (Å²) >= 11 is 0. The highest BCUT2D eigenvalue weighted by Crippen LogP contribution is 2.37. The quantitative estimate of drug-likeness (QED) is 0.389. The van der Waals surface area contributed by atoms with Crippen LogP contribution in [0, 0.1) is 0 Å². The highest BCUT2D eigenvalue weighted by Gasteiger charge is 2.32. The molecule has 1 aliphatic heterocycles. The average Bonchev–Trinajstić information content (AvgIpc) is 2.94. The van der Waals surface area contributed by atoms with E-state index in [1.807, 2.05) is 19.1 Å². The van der Waals surface area contributed by atoms with E-state index in [0.29, 0.717) is 33.9 Å². The Kier molecular flexibility index (Phi) is 8.99. The Hall–Kier alpha value is -3.24. The maximum atomic E-state index is 14.9. The number of aromatic nitrogens is 2. The predicted molar refractivity (Wildman–Crippen MR) is 158 cm³/mol. The lowest BCUT2D eigenvalue weighted by atomic mass is 9.99. The fraction of sp³-hybridized carbons (Fsp3) is 0.533. The molecular weight excluding hydrogens is 514 g/mol. The van der Waals surface area contributed by atoms with Crippen LogP contribution < -0.4 is 20.5 Å². The second-order valence-corrected chi connectivity index (χ2v) is 11.2. The fourth-order valence-corrected chi connectivity index (χ4v) is 5.19. The van der Waals surface area contributed by atoms with E-state index in [1.54, 1.807) is 51.4 Å². The molecule has 218 valence electrons. The molecule has 0 bridgehead atoms. The molecule has 1 saturated heterocycles. The van der Waals surface area contributed by atoms with Crippen molar-refractivity contribution in [3.05, 3.63) is 57.9 Å². The summed E-state index contributed by atoms with van der Waals surface area (Å²) in [6.07, 6.45) is -0.256. The molecule has 1 aromatic heterocycles. The molecule has 0 aliphatic carbocycles. The minimum Gasteiger partial charge on any atom is -0.495 e. The third-order valence-electron chi connectivity index (χ3n) is 7.77. The third-order valence-corrected chi connectivity index (χ3v) is 7.77. The molecule has 3 aromatic rings. The van der Waals surface area contributed by atoms with Crippen molar-refractivity contribution in [3.8, 4) is 5.75 Å². The van der Waals surface area contributed by atoms with Gasteiger partial charge in [0.25, 0.3) is 11.5 Å². The molecule has 1 aliphatic rings. The highest BCUT2D eigenvalue weighted by molar-refractivity contribution is 5.95. The number of alkyl halides is 2. The first kappa shape index (κ1) is 29.7. The molecule has 0 saturated carbocycles. The molecule has 0 unspecified atom stereocenters. The molecule has 0 radical (unpaired) electrons. The monoisotopic (exact) mass is 556 g/mol. The first-order valence-electron chi connectivity index (χ1n) is 13.9. The molecule has 40 heavy (non-hydrogen) atoms. The number of aryl methyl sites for hydroxylation is 1. The van der Waals surface area contributed by atoms with Crippen LogP contribution in [0.3, 0.4) is 0 Å². The number of benzene rings is 2. The highest BCUT2D eigenvalue weighted by atomic mass is 19.3. The normalized spacial score (nSPS) is 15.7. The van der Waals surface area contributed by atoms with E-state index in [4.69, 9.17) is 4.74 Å². The predicted octanol–water partition coefficient (Wildman–Crippen LogP) is 4.69. The second-order valence-electron chi connectivity index (χ2n) is 11.2. The first-order valence-corrected chi connectivity index (χ1v) is 13.9. The number of halogens is 2. The summed E-state index contributed by atoms with van der Waals surface area (Å²) in [6.45, 7) is 10.2. The Bertz CT molecular complexity index is 1380. The van der Waals surface area contributed by atoms with Crippen molar-refractivity contribution in [2.24, 2.45) is 7.05 Å². The molecule has 0 amide bonds. The zero-order chi connectivity index (χ0) is 29.2. The zero-order valence-electron chi connectivity index (χ0n) is 24.7. The number of anilines is 2. The van der Waals surface area contributed by atoms with E-state index >= 15 is 0 Å². The number of rotatable bonds is 10. The van der Waals surface area contributed by atoms with Crippen LogP contribution in [0.4, 0.5) is 20.3 Å². The van der Waals surface area contributed by atoms with E-state index < -0.39 is 5.92 Å². The van der Waals surface area contributed by atoms with Crippen LogP contribution in [0.1, 0.15) is 44.4 Å². The van der Waals surface area contributed by atoms with Crippen molar-refractivity contribution in [3.63, 3.8) is 0 Å². The molecule has 0 spiro atoms. The van der Waals surface area contributed by atoms with E-state index in [0.717, 1.165) is 31.9 Å². The summed E-state index contributed by atoms with van der Waals surface area (Å²) in [5.74, 6) is -1.79. The zero-order valence-corrected chi connectivity index (χ0v) is 24.7. The summed E-state index contributed by atoms with van der Waals surface area (Å²) in [5.41, 5.74) is 1.38. The standard InChI is InChI=1S/C30H42F2N6O2/c1-20(2)37-13-15-38(16-14-37)26-18-24-25(19-27(26)40-7)29(39)36(6)34-28(24)33-21(3)22-9-8-10-23(17-22)30(31,32)11-12-35(4)5/h8-10,17-21H,11-16H2,1-7H3,(H,33,34)/t21-/m1/s1. The molecule has 2 aromatic carbocycles. The van der Waals surface area contributed by atoms with Gasteiger partial charge in [-0.05, 0) is 58.6 Å². The average molecular weight is 557 g/mol. The minimum absolute atomic E-state index is 0.00802. The van der Waals surface area contributed by atoms with Gasteiger partial charge in [0.05, 0.1) is 24.2 Å². The van der Waals surface area contributed by atoms with E-state index in [2.05, 4.69) is 34.1 Å². The van der Waals surface area contributed by atoms with Crippen molar-refractivity contribution in [2.75, 3.05) is 64.1 Å². The molecule has 10 heteroatoms.